The van der Waals surface area contributed by atoms with Crippen LogP contribution in [0.1, 0.15) is 11.7 Å². The topological polar surface area (TPSA) is 83.6 Å². The molecule has 2 N–H and O–H groups in total. The van der Waals surface area contributed by atoms with Crippen LogP contribution in [0.4, 0.5) is 5.69 Å². The zero-order valence-electron chi connectivity index (χ0n) is 8.01. The summed E-state index contributed by atoms with van der Waals surface area (Å²) in [5.41, 5.74) is -0.121. The molecule has 2 unspecified atom stereocenters. The van der Waals surface area contributed by atoms with Crippen LogP contribution in [0.25, 0.3) is 0 Å². The van der Waals surface area contributed by atoms with Crippen LogP contribution in [0.2, 0.25) is 5.02 Å². The number of hydrogen-bond donors (Lipinski definition) is 2. The van der Waals surface area contributed by atoms with Gasteiger partial charge in [-0.1, -0.05) is 17.7 Å². The molecule has 0 aliphatic carbocycles. The largest absolute Gasteiger partial charge is 0.389 e. The maximum Gasteiger partial charge on any atom is 0.288 e. The first-order valence-corrected chi connectivity index (χ1v) is 5.24. The molecule has 0 aliphatic rings. The summed E-state index contributed by atoms with van der Waals surface area (Å²) in [5.74, 6) is -0.169. The second-order valence-electron chi connectivity index (χ2n) is 3.13. The van der Waals surface area contributed by atoms with Gasteiger partial charge < -0.3 is 10.2 Å². The predicted molar refractivity (Wildman–Crippen MR) is 59.8 cm³/mol. The van der Waals surface area contributed by atoms with Gasteiger partial charge in [0.05, 0.1) is 16.9 Å². The maximum absolute atomic E-state index is 10.6. The molecule has 88 valence electrons. The van der Waals surface area contributed by atoms with Crippen molar-refractivity contribution in [1.82, 2.24) is 0 Å². The fourth-order valence-electron chi connectivity index (χ4n) is 1.16. The number of aliphatic hydroxyl groups excluding tert-OH is 2. The van der Waals surface area contributed by atoms with E-state index < -0.39 is 17.1 Å². The van der Waals surface area contributed by atoms with E-state index >= 15 is 0 Å². The third-order valence-corrected chi connectivity index (χ3v) is 2.67. The Balaban J connectivity index is 3.07. The van der Waals surface area contributed by atoms with Crippen LogP contribution in [-0.4, -0.2) is 27.1 Å². The lowest BCUT2D eigenvalue weighted by Gasteiger charge is -2.15. The van der Waals surface area contributed by atoms with Gasteiger partial charge in [-0.05, 0) is 11.6 Å². The molecule has 1 aromatic carbocycles. The summed E-state index contributed by atoms with van der Waals surface area (Å²) < 4.78 is 0. The molecule has 1 aromatic rings. The van der Waals surface area contributed by atoms with Crippen LogP contribution < -0.4 is 0 Å². The van der Waals surface area contributed by atoms with E-state index in [0.29, 0.717) is 0 Å². The van der Waals surface area contributed by atoms with Crippen LogP contribution in [0.15, 0.2) is 18.2 Å². The van der Waals surface area contributed by atoms with Crippen molar-refractivity contribution in [3.63, 3.8) is 0 Å². The quantitative estimate of drug-likeness (QED) is 0.495. The number of aliphatic hydroxyl groups is 2. The third kappa shape index (κ3) is 2.82. The Morgan fingerprint density at radius 2 is 2.06 bits per heavy atom. The van der Waals surface area contributed by atoms with Crippen LogP contribution in [0.3, 0.4) is 0 Å². The SMILES string of the molecule is O=[N+]([O-])c1cc(C(O)C(O)CCl)ccc1Cl. The van der Waals surface area contributed by atoms with Crippen molar-refractivity contribution in [2.45, 2.75) is 12.2 Å². The van der Waals surface area contributed by atoms with E-state index in [-0.39, 0.29) is 22.2 Å². The fourth-order valence-corrected chi connectivity index (χ4v) is 1.52. The van der Waals surface area contributed by atoms with Gasteiger partial charge in [-0.3, -0.25) is 10.1 Å². The lowest BCUT2D eigenvalue weighted by molar-refractivity contribution is -0.384. The molecule has 0 saturated carbocycles. The molecule has 0 aliphatic heterocycles. The third-order valence-electron chi connectivity index (χ3n) is 2.03. The number of nitro groups is 1. The highest BCUT2D eigenvalue weighted by molar-refractivity contribution is 6.32. The fraction of sp³-hybridized carbons (Fsp3) is 0.333. The summed E-state index contributed by atoms with van der Waals surface area (Å²) in [6.45, 7) is 0. The van der Waals surface area contributed by atoms with E-state index in [0.717, 1.165) is 6.07 Å². The summed E-state index contributed by atoms with van der Waals surface area (Å²) in [7, 11) is 0. The van der Waals surface area contributed by atoms with Crippen LogP contribution in [0.5, 0.6) is 0 Å². The first-order valence-electron chi connectivity index (χ1n) is 4.33. The summed E-state index contributed by atoms with van der Waals surface area (Å²) in [6, 6.07) is 3.80. The molecule has 0 saturated heterocycles. The molecule has 5 nitrogen and oxygen atoms in total. The van der Waals surface area contributed by atoms with Gasteiger partial charge >= 0.3 is 0 Å². The minimum Gasteiger partial charge on any atom is -0.389 e. The molecular formula is C9H9Cl2NO4. The number of benzene rings is 1. The van der Waals surface area contributed by atoms with Crippen molar-refractivity contribution in [2.24, 2.45) is 0 Å². The molecule has 0 spiro atoms. The Kier molecular flexibility index (Phi) is 4.49. The minimum atomic E-state index is -1.27. The summed E-state index contributed by atoms with van der Waals surface area (Å²) in [5, 5.41) is 29.4. The first kappa shape index (κ1) is 13.2. The number of rotatable bonds is 4. The monoisotopic (exact) mass is 265 g/mol. The first-order chi connectivity index (χ1) is 7.47. The number of nitrogens with zero attached hydrogens (tertiary/aromatic N) is 1. The number of alkyl halides is 1. The maximum atomic E-state index is 10.6. The van der Waals surface area contributed by atoms with E-state index in [1.165, 1.54) is 12.1 Å². The molecule has 2 atom stereocenters. The minimum absolute atomic E-state index is 0.0266. The standard InChI is InChI=1S/C9H9Cl2NO4/c10-4-8(13)9(14)5-1-2-6(11)7(3-5)12(15)16/h1-3,8-9,13-14H,4H2. The van der Waals surface area contributed by atoms with E-state index in [9.17, 15) is 20.3 Å². The highest BCUT2D eigenvalue weighted by Gasteiger charge is 2.21. The molecule has 0 radical (unpaired) electrons. The van der Waals surface area contributed by atoms with E-state index in [2.05, 4.69) is 0 Å². The van der Waals surface area contributed by atoms with Gasteiger partial charge in [-0.2, -0.15) is 0 Å². The molecule has 16 heavy (non-hydrogen) atoms. The second-order valence-corrected chi connectivity index (χ2v) is 3.85. The second kappa shape index (κ2) is 5.45. The van der Waals surface area contributed by atoms with E-state index in [4.69, 9.17) is 23.2 Å². The van der Waals surface area contributed by atoms with Crippen molar-refractivity contribution < 1.29 is 15.1 Å². The van der Waals surface area contributed by atoms with E-state index in [1.807, 2.05) is 0 Å². The smallest absolute Gasteiger partial charge is 0.288 e. The van der Waals surface area contributed by atoms with Gasteiger partial charge in [0.1, 0.15) is 11.1 Å². The predicted octanol–water partition coefficient (Wildman–Crippen LogP) is 1.88. The molecule has 0 heterocycles. The Labute approximate surface area is 101 Å². The lowest BCUT2D eigenvalue weighted by Crippen LogP contribution is -2.19. The molecule has 0 aromatic heterocycles. The number of hydrogen-bond acceptors (Lipinski definition) is 4. The summed E-state index contributed by atoms with van der Waals surface area (Å²) in [4.78, 5) is 9.93. The van der Waals surface area contributed by atoms with Gasteiger partial charge in [-0.15, -0.1) is 11.6 Å². The average molecular weight is 266 g/mol. The van der Waals surface area contributed by atoms with Crippen molar-refractivity contribution in [1.29, 1.82) is 0 Å². The zero-order valence-corrected chi connectivity index (χ0v) is 9.52. The molecule has 0 amide bonds. The lowest BCUT2D eigenvalue weighted by atomic mass is 10.0. The summed E-state index contributed by atoms with van der Waals surface area (Å²) in [6.07, 6.45) is -2.45. The zero-order chi connectivity index (χ0) is 12.3. The number of halogens is 2. The van der Waals surface area contributed by atoms with Crippen molar-refractivity contribution >= 4 is 28.9 Å². The molecule has 0 fully saturated rings. The van der Waals surface area contributed by atoms with E-state index in [1.54, 1.807) is 0 Å². The van der Waals surface area contributed by atoms with Crippen LogP contribution >= 0.6 is 23.2 Å². The molecular weight excluding hydrogens is 257 g/mol. The van der Waals surface area contributed by atoms with Gasteiger partial charge in [-0.25, -0.2) is 0 Å². The Morgan fingerprint density at radius 3 is 2.56 bits per heavy atom. The van der Waals surface area contributed by atoms with Crippen LogP contribution in [-0.2, 0) is 0 Å². The Morgan fingerprint density at radius 1 is 1.44 bits per heavy atom. The Bertz CT molecular complexity index is 399. The normalized spacial score (nSPS) is 14.5. The van der Waals surface area contributed by atoms with Gasteiger partial charge in [0.15, 0.2) is 0 Å². The Hall–Kier alpha value is -0.880. The molecule has 7 heteroatoms. The molecule has 0 bridgehead atoms. The van der Waals surface area contributed by atoms with Gasteiger partial charge in [0, 0.05) is 6.07 Å². The highest BCUT2D eigenvalue weighted by Crippen LogP contribution is 2.28. The highest BCUT2D eigenvalue weighted by atomic mass is 35.5. The molecule has 1 rings (SSSR count). The van der Waals surface area contributed by atoms with Crippen molar-refractivity contribution in [3.05, 3.63) is 38.9 Å². The average Bonchev–Trinajstić information content (AvgIpc) is 2.27. The van der Waals surface area contributed by atoms with Crippen molar-refractivity contribution in [3.8, 4) is 0 Å². The van der Waals surface area contributed by atoms with Crippen molar-refractivity contribution in [2.75, 3.05) is 5.88 Å². The van der Waals surface area contributed by atoms with Gasteiger partial charge in [0.2, 0.25) is 0 Å². The number of nitro benzene ring substituents is 1. The van der Waals surface area contributed by atoms with Crippen LogP contribution in [0, 0.1) is 10.1 Å². The summed E-state index contributed by atoms with van der Waals surface area (Å²) >= 11 is 11.0. The van der Waals surface area contributed by atoms with Gasteiger partial charge in [0.25, 0.3) is 5.69 Å².